The van der Waals surface area contributed by atoms with E-state index in [1.807, 2.05) is 73.3 Å². The first kappa shape index (κ1) is 14.5. The lowest BCUT2D eigenvalue weighted by molar-refractivity contribution is 0.0940. The Morgan fingerprint density at radius 3 is 2.83 bits per heavy atom. The van der Waals surface area contributed by atoms with Gasteiger partial charge in [0, 0.05) is 29.7 Å². The van der Waals surface area contributed by atoms with Gasteiger partial charge in [0.25, 0.3) is 5.91 Å². The molecule has 0 fully saturated rings. The molecule has 2 N–H and O–H groups in total. The van der Waals surface area contributed by atoms with Gasteiger partial charge in [0.1, 0.15) is 5.82 Å². The molecule has 2 aromatic heterocycles. The summed E-state index contributed by atoms with van der Waals surface area (Å²) in [6.45, 7) is 1.93. The fourth-order valence-electron chi connectivity index (χ4n) is 3.02. The third-order valence-corrected chi connectivity index (χ3v) is 4.34. The first-order valence-electron chi connectivity index (χ1n) is 7.93. The van der Waals surface area contributed by atoms with E-state index in [0.717, 1.165) is 27.8 Å². The molecule has 0 radical (unpaired) electrons. The fraction of sp³-hybridized carbons (Fsp3) is 0.158. The quantitative estimate of drug-likeness (QED) is 0.607. The molecule has 0 spiro atoms. The number of benzene rings is 2. The maximum absolute atomic E-state index is 12.7. The third kappa shape index (κ3) is 2.34. The first-order chi connectivity index (χ1) is 11.6. The minimum atomic E-state index is -0.205. The topological polar surface area (TPSA) is 62.7 Å². The molecule has 0 saturated carbocycles. The van der Waals surface area contributed by atoms with Crippen LogP contribution in [0.1, 0.15) is 29.1 Å². The van der Waals surface area contributed by atoms with Crippen LogP contribution in [0.15, 0.2) is 54.7 Å². The van der Waals surface area contributed by atoms with E-state index in [4.69, 9.17) is 0 Å². The lowest BCUT2D eigenvalue weighted by Crippen LogP contribution is -2.27. The number of amides is 1. The molecular weight excluding hydrogens is 300 g/mol. The second-order valence-electron chi connectivity index (χ2n) is 6.00. The first-order valence-corrected chi connectivity index (χ1v) is 7.93. The van der Waals surface area contributed by atoms with Gasteiger partial charge in [0.05, 0.1) is 17.1 Å². The molecule has 1 atom stereocenters. The fourth-order valence-corrected chi connectivity index (χ4v) is 3.02. The van der Waals surface area contributed by atoms with Crippen LogP contribution >= 0.6 is 0 Å². The third-order valence-electron chi connectivity index (χ3n) is 4.34. The van der Waals surface area contributed by atoms with E-state index in [9.17, 15) is 4.79 Å². The molecule has 0 bridgehead atoms. The molecule has 4 aromatic rings. The van der Waals surface area contributed by atoms with Crippen molar-refractivity contribution in [2.45, 2.75) is 13.0 Å². The smallest absolute Gasteiger partial charge is 0.252 e. The van der Waals surface area contributed by atoms with Crippen LogP contribution in [0.2, 0.25) is 0 Å². The summed E-state index contributed by atoms with van der Waals surface area (Å²) in [6, 6.07) is 15.4. The molecular formula is C19H18N4O. The van der Waals surface area contributed by atoms with E-state index in [0.29, 0.717) is 5.56 Å². The van der Waals surface area contributed by atoms with Gasteiger partial charge < -0.3 is 14.9 Å². The predicted molar refractivity (Wildman–Crippen MR) is 94.9 cm³/mol. The summed E-state index contributed by atoms with van der Waals surface area (Å²) >= 11 is 0. The van der Waals surface area contributed by atoms with Crippen LogP contribution in [0.3, 0.4) is 0 Å². The van der Waals surface area contributed by atoms with Crippen molar-refractivity contribution in [2.75, 3.05) is 0 Å². The van der Waals surface area contributed by atoms with Crippen molar-refractivity contribution < 1.29 is 4.79 Å². The molecule has 5 nitrogen and oxygen atoms in total. The van der Waals surface area contributed by atoms with Crippen molar-refractivity contribution in [2.24, 2.45) is 7.05 Å². The summed E-state index contributed by atoms with van der Waals surface area (Å²) in [5.41, 5.74) is 3.59. The zero-order valence-electron chi connectivity index (χ0n) is 13.6. The summed E-state index contributed by atoms with van der Waals surface area (Å²) in [5, 5.41) is 3.99. The lowest BCUT2D eigenvalue weighted by Gasteiger charge is -2.12. The highest BCUT2D eigenvalue weighted by Gasteiger charge is 2.17. The van der Waals surface area contributed by atoms with Crippen LogP contribution in [-0.4, -0.2) is 20.4 Å². The van der Waals surface area contributed by atoms with Gasteiger partial charge in [-0.25, -0.2) is 4.98 Å². The Hall–Kier alpha value is -3.08. The number of carbonyl (C=O) groups is 1. The van der Waals surface area contributed by atoms with E-state index in [-0.39, 0.29) is 11.9 Å². The number of carbonyl (C=O) groups excluding carboxylic acids is 1. The molecule has 2 heterocycles. The van der Waals surface area contributed by atoms with Gasteiger partial charge in [-0.3, -0.25) is 4.79 Å². The number of H-pyrrole nitrogens is 1. The van der Waals surface area contributed by atoms with Crippen molar-refractivity contribution in [3.8, 4) is 0 Å². The van der Waals surface area contributed by atoms with Crippen molar-refractivity contribution in [1.82, 2.24) is 19.9 Å². The summed E-state index contributed by atoms with van der Waals surface area (Å²) in [6.07, 6.45) is 1.96. The molecule has 0 aliphatic heterocycles. The number of aromatic nitrogens is 3. The zero-order valence-corrected chi connectivity index (χ0v) is 13.6. The van der Waals surface area contributed by atoms with Gasteiger partial charge in [-0.2, -0.15) is 0 Å². The molecule has 1 amide bonds. The Balaban J connectivity index is 1.62. The number of fused-ring (bicyclic) bond motifs is 2. The number of nitrogens with zero attached hydrogens (tertiary/aromatic N) is 2. The number of imidazole rings is 1. The SMILES string of the molecule is C[C@@H](NC(=O)c1cccc2c1ccn2C)c1nc2ccccc2[nH]1. The van der Waals surface area contributed by atoms with Crippen molar-refractivity contribution in [1.29, 1.82) is 0 Å². The number of aryl methyl sites for hydroxylation is 1. The maximum atomic E-state index is 12.7. The van der Waals surface area contributed by atoms with Crippen LogP contribution in [0.4, 0.5) is 0 Å². The highest BCUT2D eigenvalue weighted by Crippen LogP contribution is 2.21. The van der Waals surface area contributed by atoms with Crippen LogP contribution in [0.5, 0.6) is 0 Å². The van der Waals surface area contributed by atoms with E-state index >= 15 is 0 Å². The van der Waals surface area contributed by atoms with E-state index in [2.05, 4.69) is 15.3 Å². The van der Waals surface area contributed by atoms with Crippen LogP contribution in [-0.2, 0) is 7.05 Å². The number of aromatic amines is 1. The molecule has 0 unspecified atom stereocenters. The Kier molecular flexibility index (Phi) is 3.34. The largest absolute Gasteiger partial charge is 0.351 e. The molecule has 0 aliphatic rings. The van der Waals surface area contributed by atoms with Crippen LogP contribution < -0.4 is 5.32 Å². The number of nitrogens with one attached hydrogen (secondary N) is 2. The number of hydrogen-bond acceptors (Lipinski definition) is 2. The summed E-state index contributed by atoms with van der Waals surface area (Å²) in [7, 11) is 1.97. The minimum absolute atomic E-state index is 0.0974. The molecule has 24 heavy (non-hydrogen) atoms. The molecule has 120 valence electrons. The minimum Gasteiger partial charge on any atom is -0.351 e. The van der Waals surface area contributed by atoms with Crippen LogP contribution in [0, 0.1) is 0 Å². The standard InChI is InChI=1S/C19H18N4O/c1-12(18-21-15-7-3-4-8-16(15)22-18)20-19(24)14-6-5-9-17-13(14)10-11-23(17)2/h3-12H,1-2H3,(H,20,24)(H,21,22)/t12-/m1/s1. The van der Waals surface area contributed by atoms with Gasteiger partial charge in [0.15, 0.2) is 0 Å². The van der Waals surface area contributed by atoms with Gasteiger partial charge >= 0.3 is 0 Å². The predicted octanol–water partition coefficient (Wildman–Crippen LogP) is 3.55. The Morgan fingerprint density at radius 2 is 2.00 bits per heavy atom. The van der Waals surface area contributed by atoms with Crippen molar-refractivity contribution >= 4 is 27.8 Å². The highest BCUT2D eigenvalue weighted by atomic mass is 16.1. The average Bonchev–Trinajstić information content (AvgIpc) is 3.18. The second-order valence-corrected chi connectivity index (χ2v) is 6.00. The normalized spacial score (nSPS) is 12.6. The van der Waals surface area contributed by atoms with Gasteiger partial charge in [-0.15, -0.1) is 0 Å². The van der Waals surface area contributed by atoms with E-state index in [1.165, 1.54) is 0 Å². The maximum Gasteiger partial charge on any atom is 0.252 e. The van der Waals surface area contributed by atoms with E-state index in [1.54, 1.807) is 0 Å². The second kappa shape index (κ2) is 5.53. The molecule has 0 aliphatic carbocycles. The molecule has 2 aromatic carbocycles. The zero-order chi connectivity index (χ0) is 16.7. The number of rotatable bonds is 3. The molecule has 5 heteroatoms. The summed E-state index contributed by atoms with van der Waals surface area (Å²) < 4.78 is 2.01. The van der Waals surface area contributed by atoms with Crippen molar-refractivity contribution in [3.05, 3.63) is 66.1 Å². The monoisotopic (exact) mass is 318 g/mol. The molecule has 0 saturated heterocycles. The number of hydrogen-bond donors (Lipinski definition) is 2. The summed E-state index contributed by atoms with van der Waals surface area (Å²) in [4.78, 5) is 20.5. The number of para-hydroxylation sites is 2. The van der Waals surface area contributed by atoms with Gasteiger partial charge in [-0.05, 0) is 37.3 Å². The summed E-state index contributed by atoms with van der Waals surface area (Å²) in [5.74, 6) is 0.657. The Labute approximate surface area is 139 Å². The average molecular weight is 318 g/mol. The van der Waals surface area contributed by atoms with Crippen LogP contribution in [0.25, 0.3) is 21.9 Å². The Morgan fingerprint density at radius 1 is 1.17 bits per heavy atom. The molecule has 4 rings (SSSR count). The van der Waals surface area contributed by atoms with Gasteiger partial charge in [0.2, 0.25) is 0 Å². The van der Waals surface area contributed by atoms with Crippen molar-refractivity contribution in [3.63, 3.8) is 0 Å². The van der Waals surface area contributed by atoms with Gasteiger partial charge in [-0.1, -0.05) is 18.2 Å². The van der Waals surface area contributed by atoms with E-state index < -0.39 is 0 Å². The Bertz CT molecular complexity index is 1010. The lowest BCUT2D eigenvalue weighted by atomic mass is 10.1. The highest BCUT2D eigenvalue weighted by molar-refractivity contribution is 6.06.